The summed E-state index contributed by atoms with van der Waals surface area (Å²) in [5.74, 6) is -0.924. The number of hydrogen-bond donors (Lipinski definition) is 2. The summed E-state index contributed by atoms with van der Waals surface area (Å²) < 4.78 is 13.2. The number of carbonyl (C=O) groups is 1. The fraction of sp³-hybridized carbons (Fsp3) is 0.364. The molecule has 0 bridgehead atoms. The molecular weight excluding hydrogens is 195 g/mol. The molecule has 0 aliphatic carbocycles. The second kappa shape index (κ2) is 5.46. The maximum atomic E-state index is 13.2. The van der Waals surface area contributed by atoms with Crippen molar-refractivity contribution in [1.82, 2.24) is 0 Å². The number of amides is 1. The smallest absolute Gasteiger partial charge is 0.228 e. The number of hydrogen-bond acceptors (Lipinski definition) is 2. The van der Waals surface area contributed by atoms with Crippen LogP contribution in [0.5, 0.6) is 0 Å². The maximum absolute atomic E-state index is 13.2. The van der Waals surface area contributed by atoms with E-state index in [1.807, 2.05) is 6.92 Å². The molecule has 0 spiro atoms. The summed E-state index contributed by atoms with van der Waals surface area (Å²) in [5.41, 5.74) is 5.62. The molecule has 3 N–H and O–H groups in total. The van der Waals surface area contributed by atoms with E-state index < -0.39 is 5.82 Å². The zero-order chi connectivity index (χ0) is 11.3. The minimum absolute atomic E-state index is 0.203. The number of halogens is 1. The Bertz CT molecular complexity index is 337. The lowest BCUT2D eigenvalue weighted by molar-refractivity contribution is -0.119. The van der Waals surface area contributed by atoms with E-state index in [1.165, 1.54) is 12.1 Å². The molecule has 0 fully saturated rings. The van der Waals surface area contributed by atoms with Crippen LogP contribution in [0.1, 0.15) is 13.3 Å². The Labute approximate surface area is 88.5 Å². The van der Waals surface area contributed by atoms with Gasteiger partial charge in [0.1, 0.15) is 5.82 Å². The Morgan fingerprint density at radius 1 is 1.53 bits per heavy atom. The fourth-order valence-corrected chi connectivity index (χ4v) is 1.26. The van der Waals surface area contributed by atoms with Crippen LogP contribution < -0.4 is 11.1 Å². The van der Waals surface area contributed by atoms with Crippen molar-refractivity contribution in [2.75, 3.05) is 11.9 Å². The molecule has 1 aromatic rings. The molecule has 0 aliphatic heterocycles. The van der Waals surface area contributed by atoms with Gasteiger partial charge >= 0.3 is 0 Å². The van der Waals surface area contributed by atoms with Gasteiger partial charge in [0.2, 0.25) is 5.91 Å². The lowest BCUT2D eigenvalue weighted by Gasteiger charge is -2.12. The molecule has 0 heterocycles. The Kier molecular flexibility index (Phi) is 4.24. The van der Waals surface area contributed by atoms with Crippen molar-refractivity contribution in [3.05, 3.63) is 30.1 Å². The molecule has 0 radical (unpaired) electrons. The molecule has 1 amide bonds. The molecular formula is C11H15FN2O. The summed E-state index contributed by atoms with van der Waals surface area (Å²) in [5, 5.41) is 2.52. The summed E-state index contributed by atoms with van der Waals surface area (Å²) in [4.78, 5) is 11.6. The first kappa shape index (κ1) is 11.7. The molecule has 3 nitrogen and oxygen atoms in total. The quantitative estimate of drug-likeness (QED) is 0.795. The van der Waals surface area contributed by atoms with Crippen molar-refractivity contribution in [3.8, 4) is 0 Å². The van der Waals surface area contributed by atoms with Gasteiger partial charge in [0.05, 0.1) is 11.6 Å². The summed E-state index contributed by atoms with van der Waals surface area (Å²) in [6, 6.07) is 6.07. The fourth-order valence-electron chi connectivity index (χ4n) is 1.26. The number of nitrogens with two attached hydrogens (primary N) is 1. The summed E-state index contributed by atoms with van der Waals surface area (Å²) in [6.45, 7) is 2.15. The van der Waals surface area contributed by atoms with E-state index in [1.54, 1.807) is 12.1 Å². The van der Waals surface area contributed by atoms with Crippen molar-refractivity contribution < 1.29 is 9.18 Å². The van der Waals surface area contributed by atoms with E-state index in [2.05, 4.69) is 5.32 Å². The van der Waals surface area contributed by atoms with Crippen LogP contribution >= 0.6 is 0 Å². The second-order valence-corrected chi connectivity index (χ2v) is 3.31. The first-order valence-electron chi connectivity index (χ1n) is 4.94. The zero-order valence-corrected chi connectivity index (χ0v) is 8.66. The maximum Gasteiger partial charge on any atom is 0.228 e. The summed E-state index contributed by atoms with van der Waals surface area (Å²) in [7, 11) is 0. The number of anilines is 1. The summed E-state index contributed by atoms with van der Waals surface area (Å²) >= 11 is 0. The number of carbonyl (C=O) groups excluding carboxylic acids is 1. The first-order chi connectivity index (χ1) is 7.19. The van der Waals surface area contributed by atoms with E-state index in [9.17, 15) is 9.18 Å². The van der Waals surface area contributed by atoms with Crippen LogP contribution in [0.3, 0.4) is 0 Å². The average molecular weight is 210 g/mol. The first-order valence-corrected chi connectivity index (χ1v) is 4.94. The van der Waals surface area contributed by atoms with Crippen molar-refractivity contribution >= 4 is 11.6 Å². The van der Waals surface area contributed by atoms with Crippen molar-refractivity contribution in [1.29, 1.82) is 0 Å². The average Bonchev–Trinajstić information content (AvgIpc) is 2.23. The number of para-hydroxylation sites is 1. The highest BCUT2D eigenvalue weighted by Crippen LogP contribution is 2.14. The van der Waals surface area contributed by atoms with E-state index in [-0.39, 0.29) is 24.1 Å². The molecule has 1 aromatic carbocycles. The number of benzene rings is 1. The third-order valence-electron chi connectivity index (χ3n) is 2.28. The van der Waals surface area contributed by atoms with Crippen LogP contribution in [0.15, 0.2) is 24.3 Å². The molecule has 0 saturated carbocycles. The van der Waals surface area contributed by atoms with Gasteiger partial charge in [-0.2, -0.15) is 0 Å². The highest BCUT2D eigenvalue weighted by molar-refractivity contribution is 5.92. The molecule has 0 aliphatic rings. The van der Waals surface area contributed by atoms with Gasteiger partial charge in [-0.25, -0.2) is 4.39 Å². The SMILES string of the molecule is CCC(CN)C(=O)Nc1ccccc1F. The number of nitrogens with one attached hydrogen (secondary N) is 1. The van der Waals surface area contributed by atoms with Gasteiger partial charge in [0.15, 0.2) is 0 Å². The normalized spacial score (nSPS) is 12.2. The molecule has 4 heteroatoms. The molecule has 1 rings (SSSR count). The standard InChI is InChI=1S/C11H15FN2O/c1-2-8(7-13)11(15)14-10-6-4-3-5-9(10)12/h3-6,8H,2,7,13H2,1H3,(H,14,15). The topological polar surface area (TPSA) is 55.1 Å². The molecule has 15 heavy (non-hydrogen) atoms. The van der Waals surface area contributed by atoms with E-state index >= 15 is 0 Å². The molecule has 82 valence electrons. The monoisotopic (exact) mass is 210 g/mol. The summed E-state index contributed by atoms with van der Waals surface area (Å²) in [6.07, 6.45) is 0.650. The van der Waals surface area contributed by atoms with Gasteiger partial charge in [-0.1, -0.05) is 19.1 Å². The number of rotatable bonds is 4. The highest BCUT2D eigenvalue weighted by Gasteiger charge is 2.15. The predicted molar refractivity (Wildman–Crippen MR) is 57.9 cm³/mol. The van der Waals surface area contributed by atoms with E-state index in [0.717, 1.165) is 0 Å². The molecule has 1 unspecified atom stereocenters. The second-order valence-electron chi connectivity index (χ2n) is 3.31. The largest absolute Gasteiger partial charge is 0.330 e. The van der Waals surface area contributed by atoms with E-state index in [4.69, 9.17) is 5.73 Å². The predicted octanol–water partition coefficient (Wildman–Crippen LogP) is 1.75. The Hall–Kier alpha value is -1.42. The lowest BCUT2D eigenvalue weighted by Crippen LogP contribution is -2.28. The van der Waals surface area contributed by atoms with E-state index in [0.29, 0.717) is 6.42 Å². The van der Waals surface area contributed by atoms with Gasteiger partial charge in [-0.05, 0) is 18.6 Å². The molecule has 0 aromatic heterocycles. The van der Waals surface area contributed by atoms with Crippen molar-refractivity contribution in [2.45, 2.75) is 13.3 Å². The van der Waals surface area contributed by atoms with Crippen molar-refractivity contribution in [2.24, 2.45) is 11.7 Å². The van der Waals surface area contributed by atoms with Crippen LogP contribution in [-0.2, 0) is 4.79 Å². The highest BCUT2D eigenvalue weighted by atomic mass is 19.1. The van der Waals surface area contributed by atoms with Gasteiger partial charge in [0, 0.05) is 6.54 Å². The Balaban J connectivity index is 2.70. The third-order valence-corrected chi connectivity index (χ3v) is 2.28. The van der Waals surface area contributed by atoms with Gasteiger partial charge in [-0.15, -0.1) is 0 Å². The van der Waals surface area contributed by atoms with Crippen LogP contribution in [-0.4, -0.2) is 12.5 Å². The van der Waals surface area contributed by atoms with Crippen LogP contribution in [0.25, 0.3) is 0 Å². The minimum Gasteiger partial charge on any atom is -0.330 e. The van der Waals surface area contributed by atoms with Gasteiger partial charge in [0.25, 0.3) is 0 Å². The lowest BCUT2D eigenvalue weighted by atomic mass is 10.1. The molecule has 1 atom stereocenters. The zero-order valence-electron chi connectivity index (χ0n) is 8.66. The van der Waals surface area contributed by atoms with Crippen LogP contribution in [0, 0.1) is 11.7 Å². The van der Waals surface area contributed by atoms with Crippen molar-refractivity contribution in [3.63, 3.8) is 0 Å². The minimum atomic E-state index is -0.433. The van der Waals surface area contributed by atoms with Gasteiger partial charge < -0.3 is 11.1 Å². The van der Waals surface area contributed by atoms with Gasteiger partial charge in [-0.3, -0.25) is 4.79 Å². The Morgan fingerprint density at radius 3 is 2.73 bits per heavy atom. The molecule has 0 saturated heterocycles. The Morgan fingerprint density at radius 2 is 2.20 bits per heavy atom. The third kappa shape index (κ3) is 3.02. The van der Waals surface area contributed by atoms with Crippen LogP contribution in [0.4, 0.5) is 10.1 Å². The van der Waals surface area contributed by atoms with Crippen LogP contribution in [0.2, 0.25) is 0 Å².